The van der Waals surface area contributed by atoms with E-state index >= 15 is 0 Å². The van der Waals surface area contributed by atoms with Crippen molar-refractivity contribution >= 4 is 5.52 Å². The highest BCUT2D eigenvalue weighted by Gasteiger charge is 2.21. The fraction of sp³-hybridized carbons (Fsp3) is 0.167. The largest absolute Gasteiger partial charge is 0.480 e. The summed E-state index contributed by atoms with van der Waals surface area (Å²) < 4.78 is 6.73. The fourth-order valence-electron chi connectivity index (χ4n) is 1.89. The Balaban J connectivity index is 2.11. The van der Waals surface area contributed by atoms with Gasteiger partial charge in [0.1, 0.15) is 11.8 Å². The first-order valence-corrected chi connectivity index (χ1v) is 5.61. The number of aliphatic hydroxyl groups is 1. The first-order valence-electron chi connectivity index (χ1n) is 5.61. The second kappa shape index (κ2) is 4.62. The summed E-state index contributed by atoms with van der Waals surface area (Å²) in [6.07, 6.45) is 8.59. The summed E-state index contributed by atoms with van der Waals surface area (Å²) in [6, 6.07) is 0. The van der Waals surface area contributed by atoms with E-state index in [1.54, 1.807) is 29.3 Å². The predicted molar refractivity (Wildman–Crippen MR) is 65.6 cm³/mol. The second-order valence-corrected chi connectivity index (χ2v) is 3.86. The summed E-state index contributed by atoms with van der Waals surface area (Å²) in [4.78, 5) is 12.2. The summed E-state index contributed by atoms with van der Waals surface area (Å²) in [7, 11) is 1.48. The number of hydrogen-bond acceptors (Lipinski definition) is 6. The van der Waals surface area contributed by atoms with Crippen LogP contribution in [0.2, 0.25) is 0 Å². The van der Waals surface area contributed by atoms with E-state index in [2.05, 4.69) is 20.1 Å². The van der Waals surface area contributed by atoms with Gasteiger partial charge >= 0.3 is 0 Å². The molecule has 3 rings (SSSR count). The molecule has 0 spiro atoms. The Morgan fingerprint density at radius 1 is 1.21 bits per heavy atom. The Hall–Kier alpha value is -2.54. The molecule has 0 radical (unpaired) electrons. The summed E-state index contributed by atoms with van der Waals surface area (Å²) in [5.41, 5.74) is 1.67. The average Bonchev–Trinajstić information content (AvgIpc) is 2.90. The van der Waals surface area contributed by atoms with E-state index in [1.165, 1.54) is 19.5 Å². The van der Waals surface area contributed by atoms with Crippen molar-refractivity contribution in [1.29, 1.82) is 0 Å². The number of aliphatic hydroxyl groups excluding tert-OH is 1. The van der Waals surface area contributed by atoms with E-state index in [1.807, 2.05) is 0 Å². The molecule has 3 aromatic rings. The molecule has 0 aliphatic rings. The van der Waals surface area contributed by atoms with Gasteiger partial charge < -0.3 is 9.84 Å². The van der Waals surface area contributed by atoms with Gasteiger partial charge in [0.25, 0.3) is 0 Å². The van der Waals surface area contributed by atoms with Gasteiger partial charge in [-0.25, -0.2) is 9.50 Å². The number of nitrogens with zero attached hydrogens (tertiary/aromatic N) is 5. The minimum absolute atomic E-state index is 0.290. The van der Waals surface area contributed by atoms with E-state index in [4.69, 9.17) is 4.74 Å². The maximum Gasteiger partial charge on any atom is 0.238 e. The standard InChI is InChI=1S/C12H11N5O2/c1-19-12-10(14-2-3-15-12)11(18)8-6-16-17-5-4-13-7-9(8)17/h2-7,11,18H,1H3. The van der Waals surface area contributed by atoms with Crippen LogP contribution in [0.25, 0.3) is 5.52 Å². The molecule has 19 heavy (non-hydrogen) atoms. The van der Waals surface area contributed by atoms with Crippen LogP contribution in [0.1, 0.15) is 17.4 Å². The molecule has 1 atom stereocenters. The van der Waals surface area contributed by atoms with Gasteiger partial charge in [0.2, 0.25) is 5.88 Å². The molecule has 0 aliphatic carbocycles. The van der Waals surface area contributed by atoms with Gasteiger partial charge in [-0.2, -0.15) is 5.10 Å². The molecule has 96 valence electrons. The molecule has 0 saturated carbocycles. The van der Waals surface area contributed by atoms with E-state index < -0.39 is 6.10 Å². The van der Waals surface area contributed by atoms with Crippen molar-refractivity contribution in [2.24, 2.45) is 0 Å². The maximum atomic E-state index is 10.4. The zero-order valence-electron chi connectivity index (χ0n) is 10.1. The van der Waals surface area contributed by atoms with E-state index in [-0.39, 0.29) is 0 Å². The molecule has 0 saturated heterocycles. The molecular weight excluding hydrogens is 246 g/mol. The van der Waals surface area contributed by atoms with Crippen molar-refractivity contribution in [3.63, 3.8) is 0 Å². The zero-order valence-corrected chi connectivity index (χ0v) is 10.1. The second-order valence-electron chi connectivity index (χ2n) is 3.86. The average molecular weight is 257 g/mol. The maximum absolute atomic E-state index is 10.4. The van der Waals surface area contributed by atoms with Crippen LogP contribution < -0.4 is 4.74 Å². The van der Waals surface area contributed by atoms with E-state index in [0.29, 0.717) is 22.7 Å². The van der Waals surface area contributed by atoms with Gasteiger partial charge in [-0.15, -0.1) is 0 Å². The van der Waals surface area contributed by atoms with Crippen LogP contribution in [0.5, 0.6) is 5.88 Å². The zero-order chi connectivity index (χ0) is 13.2. The lowest BCUT2D eigenvalue weighted by Gasteiger charge is -2.11. The normalized spacial score (nSPS) is 12.5. The van der Waals surface area contributed by atoms with Gasteiger partial charge in [-0.05, 0) is 0 Å². The Bertz CT molecular complexity index is 712. The minimum Gasteiger partial charge on any atom is -0.480 e. The molecule has 0 amide bonds. The third kappa shape index (κ3) is 1.89. The van der Waals surface area contributed by atoms with E-state index in [9.17, 15) is 5.11 Å². The predicted octanol–water partition coefficient (Wildman–Crippen LogP) is 0.610. The molecule has 7 nitrogen and oxygen atoms in total. The number of methoxy groups -OCH3 is 1. The van der Waals surface area contributed by atoms with Crippen LogP contribution >= 0.6 is 0 Å². The van der Waals surface area contributed by atoms with Crippen LogP contribution in [0, 0.1) is 0 Å². The summed E-state index contributed by atoms with van der Waals surface area (Å²) >= 11 is 0. The van der Waals surface area contributed by atoms with Gasteiger partial charge in [-0.3, -0.25) is 9.97 Å². The molecule has 3 heterocycles. The summed E-state index contributed by atoms with van der Waals surface area (Å²) in [5.74, 6) is 0.290. The number of ether oxygens (including phenoxy) is 1. The lowest BCUT2D eigenvalue weighted by Crippen LogP contribution is -2.06. The highest BCUT2D eigenvalue weighted by Crippen LogP contribution is 2.28. The smallest absolute Gasteiger partial charge is 0.238 e. The van der Waals surface area contributed by atoms with Gasteiger partial charge in [-0.1, -0.05) is 0 Å². The molecule has 1 N–H and O–H groups in total. The van der Waals surface area contributed by atoms with Crippen LogP contribution in [0.15, 0.2) is 37.2 Å². The monoisotopic (exact) mass is 257 g/mol. The third-order valence-corrected chi connectivity index (χ3v) is 2.79. The molecule has 3 aromatic heterocycles. The van der Waals surface area contributed by atoms with Crippen LogP contribution in [0.3, 0.4) is 0 Å². The summed E-state index contributed by atoms with van der Waals surface area (Å²) in [6.45, 7) is 0. The first-order chi connectivity index (χ1) is 9.31. The number of hydrogen-bond donors (Lipinski definition) is 1. The molecule has 0 bridgehead atoms. The molecule has 0 aromatic carbocycles. The first kappa shape index (κ1) is 11.5. The summed E-state index contributed by atoms with van der Waals surface area (Å²) in [5, 5.41) is 14.6. The molecule has 7 heteroatoms. The number of aromatic nitrogens is 5. The number of rotatable bonds is 3. The van der Waals surface area contributed by atoms with Gasteiger partial charge in [0.15, 0.2) is 0 Å². The molecule has 0 aliphatic heterocycles. The van der Waals surface area contributed by atoms with E-state index in [0.717, 1.165) is 0 Å². The Morgan fingerprint density at radius 3 is 2.89 bits per heavy atom. The van der Waals surface area contributed by atoms with Gasteiger partial charge in [0, 0.05) is 30.4 Å². The molecule has 1 unspecified atom stereocenters. The Labute approximate surface area is 108 Å². The van der Waals surface area contributed by atoms with Gasteiger partial charge in [0.05, 0.1) is 25.0 Å². The van der Waals surface area contributed by atoms with Crippen LogP contribution in [-0.2, 0) is 0 Å². The van der Waals surface area contributed by atoms with Crippen molar-refractivity contribution in [2.75, 3.05) is 7.11 Å². The van der Waals surface area contributed by atoms with Crippen LogP contribution in [-0.4, -0.2) is 36.8 Å². The van der Waals surface area contributed by atoms with Crippen molar-refractivity contribution in [2.45, 2.75) is 6.10 Å². The highest BCUT2D eigenvalue weighted by molar-refractivity contribution is 5.54. The lowest BCUT2D eigenvalue weighted by atomic mass is 10.1. The fourth-order valence-corrected chi connectivity index (χ4v) is 1.89. The van der Waals surface area contributed by atoms with Crippen molar-refractivity contribution in [3.8, 4) is 5.88 Å². The molecular formula is C12H11N5O2. The quantitative estimate of drug-likeness (QED) is 0.740. The van der Waals surface area contributed by atoms with Crippen molar-refractivity contribution in [1.82, 2.24) is 24.6 Å². The SMILES string of the molecule is COc1nccnc1C(O)c1cnn2ccncc12. The highest BCUT2D eigenvalue weighted by atomic mass is 16.5. The van der Waals surface area contributed by atoms with Crippen molar-refractivity contribution in [3.05, 3.63) is 48.4 Å². The van der Waals surface area contributed by atoms with Crippen molar-refractivity contribution < 1.29 is 9.84 Å². The van der Waals surface area contributed by atoms with Crippen LogP contribution in [0.4, 0.5) is 0 Å². The Morgan fingerprint density at radius 2 is 2.05 bits per heavy atom. The lowest BCUT2D eigenvalue weighted by molar-refractivity contribution is 0.209. The minimum atomic E-state index is -0.967. The third-order valence-electron chi connectivity index (χ3n) is 2.79. The molecule has 0 fully saturated rings. The Kier molecular flexibility index (Phi) is 2.81. The topological polar surface area (TPSA) is 85.4 Å². The number of fused-ring (bicyclic) bond motifs is 1.